The van der Waals surface area contributed by atoms with Gasteiger partial charge in [0.1, 0.15) is 0 Å². The van der Waals surface area contributed by atoms with Crippen LogP contribution in [0.2, 0.25) is 0 Å². The van der Waals surface area contributed by atoms with Gasteiger partial charge in [-0.3, -0.25) is 0 Å². The molecule has 1 N–H and O–H groups in total. The molecule has 1 saturated carbocycles. The van der Waals surface area contributed by atoms with Crippen LogP contribution in [0.15, 0.2) is 12.2 Å². The number of hydrogen-bond acceptors (Lipinski definition) is 1. The van der Waals surface area contributed by atoms with Gasteiger partial charge in [0.15, 0.2) is 0 Å². The molecule has 0 aliphatic heterocycles. The smallest absolute Gasteiger partial charge is 0.0110 e. The Morgan fingerprint density at radius 1 is 1.55 bits per heavy atom. The molecule has 11 heavy (non-hydrogen) atoms. The van der Waals surface area contributed by atoms with E-state index in [1.807, 2.05) is 0 Å². The van der Waals surface area contributed by atoms with Gasteiger partial charge in [-0.25, -0.2) is 0 Å². The van der Waals surface area contributed by atoms with E-state index in [1.165, 1.54) is 25.8 Å². The third kappa shape index (κ3) is 1.22. The zero-order valence-electron chi connectivity index (χ0n) is 7.22. The first-order valence-electron chi connectivity index (χ1n) is 4.82. The minimum absolute atomic E-state index is 0.843. The third-order valence-electron chi connectivity index (χ3n) is 3.04. The lowest BCUT2D eigenvalue weighted by atomic mass is 9.71. The van der Waals surface area contributed by atoms with Gasteiger partial charge in [-0.2, -0.15) is 0 Å². The molecule has 0 aromatic rings. The van der Waals surface area contributed by atoms with Crippen molar-refractivity contribution in [2.45, 2.75) is 32.2 Å². The highest BCUT2D eigenvalue weighted by molar-refractivity contribution is 5.12. The van der Waals surface area contributed by atoms with Crippen LogP contribution in [0.5, 0.6) is 0 Å². The minimum Gasteiger partial charge on any atom is -0.314 e. The van der Waals surface area contributed by atoms with Crippen molar-refractivity contribution in [2.75, 3.05) is 6.54 Å². The summed E-state index contributed by atoms with van der Waals surface area (Å²) in [6.45, 7) is 3.43. The Bertz CT molecular complexity index is 162. The van der Waals surface area contributed by atoms with Gasteiger partial charge >= 0.3 is 0 Å². The average Bonchev–Trinajstić information content (AvgIpc) is 2.33. The van der Waals surface area contributed by atoms with Gasteiger partial charge in [-0.15, -0.1) is 0 Å². The van der Waals surface area contributed by atoms with Crippen molar-refractivity contribution < 1.29 is 0 Å². The van der Waals surface area contributed by atoms with E-state index in [0.29, 0.717) is 0 Å². The van der Waals surface area contributed by atoms with Crippen molar-refractivity contribution in [1.29, 1.82) is 0 Å². The Hall–Kier alpha value is -0.300. The van der Waals surface area contributed by atoms with Gasteiger partial charge in [0.25, 0.3) is 0 Å². The van der Waals surface area contributed by atoms with Crippen LogP contribution >= 0.6 is 0 Å². The van der Waals surface area contributed by atoms with Gasteiger partial charge in [0.05, 0.1) is 0 Å². The molecule has 3 atom stereocenters. The maximum Gasteiger partial charge on any atom is 0.0110 e. The first-order valence-corrected chi connectivity index (χ1v) is 4.82. The number of nitrogens with one attached hydrogen (secondary N) is 1. The summed E-state index contributed by atoms with van der Waals surface area (Å²) in [5.74, 6) is 1.89. The Labute approximate surface area is 68.9 Å². The highest BCUT2D eigenvalue weighted by Crippen LogP contribution is 2.42. The molecule has 0 aromatic heterocycles. The Morgan fingerprint density at radius 3 is 3.18 bits per heavy atom. The third-order valence-corrected chi connectivity index (χ3v) is 3.04. The average molecular weight is 151 g/mol. The van der Waals surface area contributed by atoms with Crippen LogP contribution in [0.4, 0.5) is 0 Å². The Kier molecular flexibility index (Phi) is 1.99. The van der Waals surface area contributed by atoms with Gasteiger partial charge in [0.2, 0.25) is 0 Å². The normalized spacial score (nSPS) is 40.3. The molecule has 1 nitrogen and oxygen atoms in total. The minimum atomic E-state index is 0.843. The van der Waals surface area contributed by atoms with Crippen molar-refractivity contribution >= 4 is 0 Å². The maximum absolute atomic E-state index is 3.60. The van der Waals surface area contributed by atoms with Crippen LogP contribution in [0, 0.1) is 11.8 Å². The fourth-order valence-electron chi connectivity index (χ4n) is 2.28. The molecule has 0 bridgehead atoms. The van der Waals surface area contributed by atoms with Gasteiger partial charge in [0, 0.05) is 6.04 Å². The molecule has 2 aliphatic carbocycles. The number of hydrogen-bond donors (Lipinski definition) is 1. The van der Waals surface area contributed by atoms with E-state index in [1.54, 1.807) is 0 Å². The number of allylic oxidation sites excluding steroid dienone is 2. The summed E-state index contributed by atoms with van der Waals surface area (Å²) in [4.78, 5) is 0. The first kappa shape index (κ1) is 7.35. The van der Waals surface area contributed by atoms with Gasteiger partial charge in [-0.05, 0) is 37.6 Å². The van der Waals surface area contributed by atoms with E-state index in [-0.39, 0.29) is 0 Å². The van der Waals surface area contributed by atoms with E-state index < -0.39 is 0 Å². The lowest BCUT2D eigenvalue weighted by molar-refractivity contribution is 0.160. The van der Waals surface area contributed by atoms with E-state index in [2.05, 4.69) is 24.4 Å². The Morgan fingerprint density at radius 2 is 2.45 bits per heavy atom. The van der Waals surface area contributed by atoms with Crippen molar-refractivity contribution in [1.82, 2.24) is 5.32 Å². The quantitative estimate of drug-likeness (QED) is 0.608. The number of fused-ring (bicyclic) bond motifs is 1. The van der Waals surface area contributed by atoms with Crippen molar-refractivity contribution in [3.05, 3.63) is 12.2 Å². The predicted octanol–water partition coefficient (Wildman–Crippen LogP) is 1.95. The van der Waals surface area contributed by atoms with Gasteiger partial charge < -0.3 is 5.32 Å². The second kappa shape index (κ2) is 2.98. The fraction of sp³-hybridized carbons (Fsp3) is 0.800. The molecule has 0 heterocycles. The standard InChI is InChI=1S/C10H17N/c1-2-6-11-10-7-8-4-3-5-9(8)10/h3-4,8-11H,2,5-7H2,1H3/t8-,9-,10+/m0/s1. The van der Waals surface area contributed by atoms with Crippen molar-refractivity contribution in [3.63, 3.8) is 0 Å². The zero-order valence-corrected chi connectivity index (χ0v) is 7.22. The van der Waals surface area contributed by atoms with Crippen LogP contribution in [-0.4, -0.2) is 12.6 Å². The summed E-state index contributed by atoms with van der Waals surface area (Å²) in [6.07, 6.45) is 8.73. The summed E-state index contributed by atoms with van der Waals surface area (Å²) in [5, 5.41) is 3.60. The Balaban J connectivity index is 1.75. The molecule has 0 spiro atoms. The second-order valence-electron chi connectivity index (χ2n) is 3.79. The van der Waals surface area contributed by atoms with Crippen LogP contribution in [-0.2, 0) is 0 Å². The second-order valence-corrected chi connectivity index (χ2v) is 3.79. The summed E-state index contributed by atoms with van der Waals surface area (Å²) in [6, 6.07) is 0.843. The first-order chi connectivity index (χ1) is 5.42. The number of rotatable bonds is 3. The van der Waals surface area contributed by atoms with Crippen molar-refractivity contribution in [3.8, 4) is 0 Å². The lowest BCUT2D eigenvalue weighted by Crippen LogP contribution is -2.48. The molecule has 1 fully saturated rings. The molecule has 0 aromatic carbocycles. The molecule has 62 valence electrons. The molecule has 0 saturated heterocycles. The molecular formula is C10H17N. The van der Waals surface area contributed by atoms with Crippen LogP contribution in [0.3, 0.4) is 0 Å². The molecule has 2 rings (SSSR count). The fourth-order valence-corrected chi connectivity index (χ4v) is 2.28. The SMILES string of the molecule is CCCN[C@@H]1C[C@@H]2C=CC[C@@H]21. The monoisotopic (exact) mass is 151 g/mol. The zero-order chi connectivity index (χ0) is 7.68. The predicted molar refractivity (Wildman–Crippen MR) is 47.4 cm³/mol. The molecule has 0 amide bonds. The van der Waals surface area contributed by atoms with E-state index in [4.69, 9.17) is 0 Å². The molecule has 0 unspecified atom stereocenters. The summed E-state index contributed by atoms with van der Waals surface area (Å²) in [7, 11) is 0. The van der Waals surface area contributed by atoms with Crippen LogP contribution in [0.25, 0.3) is 0 Å². The molecular weight excluding hydrogens is 134 g/mol. The highest BCUT2D eigenvalue weighted by Gasteiger charge is 2.40. The summed E-state index contributed by atoms with van der Waals surface area (Å²) >= 11 is 0. The van der Waals surface area contributed by atoms with Crippen molar-refractivity contribution in [2.24, 2.45) is 11.8 Å². The van der Waals surface area contributed by atoms with Crippen LogP contribution < -0.4 is 5.32 Å². The lowest BCUT2D eigenvalue weighted by Gasteiger charge is -2.41. The van der Waals surface area contributed by atoms with E-state index in [0.717, 1.165) is 17.9 Å². The van der Waals surface area contributed by atoms with Gasteiger partial charge in [-0.1, -0.05) is 19.1 Å². The summed E-state index contributed by atoms with van der Waals surface area (Å²) < 4.78 is 0. The largest absolute Gasteiger partial charge is 0.314 e. The molecule has 2 aliphatic rings. The van der Waals surface area contributed by atoms with Crippen LogP contribution in [0.1, 0.15) is 26.2 Å². The topological polar surface area (TPSA) is 12.0 Å². The van der Waals surface area contributed by atoms with E-state index in [9.17, 15) is 0 Å². The highest BCUT2D eigenvalue weighted by atomic mass is 14.9. The maximum atomic E-state index is 3.60. The van der Waals surface area contributed by atoms with E-state index >= 15 is 0 Å². The molecule has 0 radical (unpaired) electrons. The molecule has 1 heteroatoms. The summed E-state index contributed by atoms with van der Waals surface area (Å²) in [5.41, 5.74) is 0.